The van der Waals surface area contributed by atoms with Gasteiger partial charge in [-0.05, 0) is 76.1 Å². The Labute approximate surface area is 249 Å². The van der Waals surface area contributed by atoms with E-state index in [1.54, 1.807) is 45.0 Å². The number of nitrogens with zero attached hydrogens (tertiary/aromatic N) is 2. The number of benzene rings is 3. The van der Waals surface area contributed by atoms with Gasteiger partial charge in [0.05, 0.1) is 21.2 Å². The van der Waals surface area contributed by atoms with Gasteiger partial charge in [0.15, 0.2) is 0 Å². The minimum Gasteiger partial charge on any atom is -0.352 e. The van der Waals surface area contributed by atoms with Crippen molar-refractivity contribution in [3.63, 3.8) is 0 Å². The fourth-order valence-corrected chi connectivity index (χ4v) is 5.84. The first-order valence-corrected chi connectivity index (χ1v) is 14.9. The number of hydrogen-bond acceptors (Lipinski definition) is 4. The van der Waals surface area contributed by atoms with Crippen molar-refractivity contribution in [1.29, 1.82) is 0 Å². The van der Waals surface area contributed by atoms with Crippen LogP contribution < -0.4 is 9.62 Å². The Balaban J connectivity index is 2.14. The zero-order chi connectivity index (χ0) is 31.4. The van der Waals surface area contributed by atoms with Gasteiger partial charge in [0.2, 0.25) is 11.8 Å². The van der Waals surface area contributed by atoms with Gasteiger partial charge >= 0.3 is 6.18 Å². The second-order valence-electron chi connectivity index (χ2n) is 10.3. The van der Waals surface area contributed by atoms with Crippen LogP contribution >= 0.6 is 11.6 Å². The third-order valence-corrected chi connectivity index (χ3v) is 8.75. The minimum atomic E-state index is -4.88. The molecule has 3 rings (SSSR count). The molecule has 12 heteroatoms. The molecule has 0 fully saturated rings. The Kier molecular flexibility index (Phi) is 10.3. The first-order valence-electron chi connectivity index (χ1n) is 13.1. The number of anilines is 1. The van der Waals surface area contributed by atoms with Gasteiger partial charge in [0, 0.05) is 12.6 Å². The number of amides is 2. The molecule has 0 radical (unpaired) electrons. The van der Waals surface area contributed by atoms with Crippen molar-refractivity contribution in [2.45, 2.75) is 64.3 Å². The van der Waals surface area contributed by atoms with E-state index in [9.17, 15) is 31.2 Å². The molecule has 0 saturated heterocycles. The molecule has 3 aromatic rings. The number of alkyl halides is 3. The largest absolute Gasteiger partial charge is 0.417 e. The third kappa shape index (κ3) is 7.83. The highest BCUT2D eigenvalue weighted by atomic mass is 35.5. The Morgan fingerprint density at radius 2 is 1.57 bits per heavy atom. The van der Waals surface area contributed by atoms with Gasteiger partial charge in [-0.25, -0.2) is 8.42 Å². The maximum atomic E-state index is 13.9. The lowest BCUT2D eigenvalue weighted by molar-refractivity contribution is -0.139. The Hall–Kier alpha value is -3.57. The van der Waals surface area contributed by atoms with Gasteiger partial charge in [-0.2, -0.15) is 13.2 Å². The van der Waals surface area contributed by atoms with Crippen LogP contribution in [0.1, 0.15) is 43.0 Å². The number of carbonyl (C=O) groups is 2. The lowest BCUT2D eigenvalue weighted by Gasteiger charge is -2.32. The maximum absolute atomic E-state index is 13.9. The zero-order valence-electron chi connectivity index (χ0n) is 23.9. The predicted molar refractivity (Wildman–Crippen MR) is 157 cm³/mol. The van der Waals surface area contributed by atoms with E-state index in [0.29, 0.717) is 15.9 Å². The van der Waals surface area contributed by atoms with E-state index < -0.39 is 56.9 Å². The Morgan fingerprint density at radius 3 is 2.14 bits per heavy atom. The molecular weight excluding hydrogens is 591 g/mol. The summed E-state index contributed by atoms with van der Waals surface area (Å²) in [5, 5.41) is 2.13. The highest BCUT2D eigenvalue weighted by molar-refractivity contribution is 7.92. The van der Waals surface area contributed by atoms with E-state index in [0.717, 1.165) is 23.3 Å². The van der Waals surface area contributed by atoms with E-state index in [1.807, 2.05) is 19.1 Å². The van der Waals surface area contributed by atoms with Crippen LogP contribution in [0.4, 0.5) is 18.9 Å². The molecule has 0 bridgehead atoms. The van der Waals surface area contributed by atoms with Crippen LogP contribution in [0.2, 0.25) is 5.02 Å². The van der Waals surface area contributed by atoms with E-state index >= 15 is 0 Å². The van der Waals surface area contributed by atoms with Crippen molar-refractivity contribution >= 4 is 39.1 Å². The van der Waals surface area contributed by atoms with Gasteiger partial charge in [0.1, 0.15) is 12.6 Å². The van der Waals surface area contributed by atoms with Gasteiger partial charge in [-0.15, -0.1) is 0 Å². The number of hydrogen-bond donors (Lipinski definition) is 1. The summed E-state index contributed by atoms with van der Waals surface area (Å²) in [7, 11) is -4.55. The molecular formula is C30H33ClF3N3O4S. The Bertz CT molecular complexity index is 1540. The molecule has 0 aliphatic carbocycles. The maximum Gasteiger partial charge on any atom is 0.417 e. The Morgan fingerprint density at radius 1 is 0.952 bits per heavy atom. The summed E-state index contributed by atoms with van der Waals surface area (Å²) in [6, 6.07) is 14.3. The molecule has 42 heavy (non-hydrogen) atoms. The highest BCUT2D eigenvalue weighted by Gasteiger charge is 2.37. The SMILES string of the molecule is Cc1ccc(S(=O)(=O)N(CC(=O)N(Cc2ccccc2C)[C@H](C)C(=O)NC(C)C)c2ccc(Cl)c(C(F)(F)F)c2)cc1. The molecule has 7 nitrogen and oxygen atoms in total. The van der Waals surface area contributed by atoms with Crippen LogP contribution in [0.3, 0.4) is 0 Å². The molecule has 226 valence electrons. The van der Waals surface area contributed by atoms with Gasteiger partial charge in [-0.3, -0.25) is 13.9 Å². The number of aryl methyl sites for hydroxylation is 2. The molecule has 0 aliphatic heterocycles. The van der Waals surface area contributed by atoms with Crippen LogP contribution in [-0.2, 0) is 32.3 Å². The van der Waals surface area contributed by atoms with Gasteiger partial charge in [0.25, 0.3) is 10.0 Å². The van der Waals surface area contributed by atoms with Crippen LogP contribution in [0, 0.1) is 13.8 Å². The van der Waals surface area contributed by atoms with Gasteiger partial charge in [-0.1, -0.05) is 53.6 Å². The summed E-state index contributed by atoms with van der Waals surface area (Å²) in [5.41, 5.74) is 0.657. The van der Waals surface area contributed by atoms with Crippen LogP contribution in [0.5, 0.6) is 0 Å². The second-order valence-corrected chi connectivity index (χ2v) is 12.5. The summed E-state index contributed by atoms with van der Waals surface area (Å²) < 4.78 is 69.6. The molecule has 0 aliphatic rings. The average Bonchev–Trinajstić information content (AvgIpc) is 2.90. The molecule has 2 amide bonds. The minimum absolute atomic E-state index is 0.0367. The standard InChI is InChI=1S/C30H33ClF3N3O4S/c1-19(2)35-29(39)22(5)36(17-23-9-7-6-8-21(23)4)28(38)18-37(42(40,41)25-13-10-20(3)11-14-25)24-12-15-27(31)26(16-24)30(32,33)34/h6-16,19,22H,17-18H2,1-5H3,(H,35,39)/t22-/m1/s1. The molecule has 0 spiro atoms. The van der Waals surface area contributed by atoms with Crippen molar-refractivity contribution in [3.8, 4) is 0 Å². The van der Waals surface area contributed by atoms with Crippen LogP contribution in [-0.4, -0.2) is 43.8 Å². The normalized spacial score (nSPS) is 12.6. The number of nitrogens with one attached hydrogen (secondary N) is 1. The topological polar surface area (TPSA) is 86.8 Å². The van der Waals surface area contributed by atoms with E-state index in [1.165, 1.54) is 24.0 Å². The second kappa shape index (κ2) is 13.2. The fraction of sp³-hybridized carbons (Fsp3) is 0.333. The van der Waals surface area contributed by atoms with E-state index in [4.69, 9.17) is 11.6 Å². The van der Waals surface area contributed by atoms with Crippen molar-refractivity contribution < 1.29 is 31.2 Å². The number of sulfonamides is 1. The quantitative estimate of drug-likeness (QED) is 0.295. The predicted octanol–water partition coefficient (Wildman–Crippen LogP) is 6.11. The summed E-state index contributed by atoms with van der Waals surface area (Å²) in [6.07, 6.45) is -4.88. The summed E-state index contributed by atoms with van der Waals surface area (Å²) in [5.74, 6) is -1.26. The zero-order valence-corrected chi connectivity index (χ0v) is 25.4. The van der Waals surface area contributed by atoms with Crippen molar-refractivity contribution in [2.24, 2.45) is 0 Å². The van der Waals surface area contributed by atoms with Crippen LogP contribution in [0.15, 0.2) is 71.6 Å². The average molecular weight is 624 g/mol. The lowest BCUT2D eigenvalue weighted by atomic mass is 10.1. The van der Waals surface area contributed by atoms with Crippen molar-refractivity contribution in [2.75, 3.05) is 10.8 Å². The molecule has 1 atom stereocenters. The monoisotopic (exact) mass is 623 g/mol. The molecule has 1 N–H and O–H groups in total. The number of carbonyl (C=O) groups excluding carboxylic acids is 2. The number of rotatable bonds is 10. The van der Waals surface area contributed by atoms with Crippen molar-refractivity contribution in [1.82, 2.24) is 10.2 Å². The molecule has 0 aromatic heterocycles. The highest BCUT2D eigenvalue weighted by Crippen LogP contribution is 2.38. The first-order chi connectivity index (χ1) is 19.5. The molecule has 0 heterocycles. The summed E-state index contributed by atoms with van der Waals surface area (Å²) in [4.78, 5) is 27.9. The van der Waals surface area contributed by atoms with Crippen LogP contribution in [0.25, 0.3) is 0 Å². The van der Waals surface area contributed by atoms with E-state index in [-0.39, 0.29) is 17.5 Å². The summed E-state index contributed by atoms with van der Waals surface area (Å²) in [6.45, 7) is 7.69. The van der Waals surface area contributed by atoms with E-state index in [2.05, 4.69) is 5.32 Å². The third-order valence-electron chi connectivity index (χ3n) is 6.63. The summed E-state index contributed by atoms with van der Waals surface area (Å²) >= 11 is 5.81. The van der Waals surface area contributed by atoms with Crippen molar-refractivity contribution in [3.05, 3.63) is 94.0 Å². The number of halogens is 4. The lowest BCUT2D eigenvalue weighted by Crippen LogP contribution is -2.52. The molecule has 3 aromatic carbocycles. The smallest absolute Gasteiger partial charge is 0.352 e. The molecule has 0 saturated carbocycles. The molecule has 0 unspecified atom stereocenters. The van der Waals surface area contributed by atoms with Gasteiger partial charge < -0.3 is 10.2 Å². The first kappa shape index (κ1) is 32.9. The fourth-order valence-electron chi connectivity index (χ4n) is 4.21.